The summed E-state index contributed by atoms with van der Waals surface area (Å²) in [6, 6.07) is 5.88. The van der Waals surface area contributed by atoms with Crippen molar-refractivity contribution in [1.82, 2.24) is 0 Å². The van der Waals surface area contributed by atoms with E-state index in [0.717, 1.165) is 29.4 Å². The Morgan fingerprint density at radius 2 is 1.94 bits per heavy atom. The van der Waals surface area contributed by atoms with Crippen molar-refractivity contribution in [2.75, 3.05) is 18.0 Å². The molecule has 0 spiro atoms. The fourth-order valence-corrected chi connectivity index (χ4v) is 2.91. The first-order valence-corrected chi connectivity index (χ1v) is 6.76. The van der Waals surface area contributed by atoms with Gasteiger partial charge in [-0.05, 0) is 25.5 Å². The van der Waals surface area contributed by atoms with Crippen molar-refractivity contribution in [3.8, 4) is 0 Å². The van der Waals surface area contributed by atoms with Gasteiger partial charge in [-0.3, -0.25) is 0 Å². The molecule has 2 nitrogen and oxygen atoms in total. The van der Waals surface area contributed by atoms with Gasteiger partial charge >= 0.3 is 0 Å². The van der Waals surface area contributed by atoms with Crippen molar-refractivity contribution in [2.24, 2.45) is 0 Å². The molecule has 0 amide bonds. The van der Waals surface area contributed by atoms with Crippen LogP contribution in [0.5, 0.6) is 0 Å². The van der Waals surface area contributed by atoms with E-state index < -0.39 is 0 Å². The molecule has 0 N–H and O–H groups in total. The van der Waals surface area contributed by atoms with Gasteiger partial charge in [0.05, 0.1) is 22.9 Å². The number of rotatable bonds is 2. The normalized spacial score (nSPS) is 25.1. The molecule has 0 saturated carbocycles. The van der Waals surface area contributed by atoms with Crippen LogP contribution in [0.1, 0.15) is 19.4 Å². The van der Waals surface area contributed by atoms with Gasteiger partial charge < -0.3 is 9.64 Å². The van der Waals surface area contributed by atoms with E-state index in [0.29, 0.717) is 5.88 Å². The van der Waals surface area contributed by atoms with Crippen molar-refractivity contribution in [2.45, 2.75) is 31.9 Å². The monoisotopic (exact) mass is 273 g/mol. The molecule has 17 heavy (non-hydrogen) atoms. The molecule has 2 rings (SSSR count). The summed E-state index contributed by atoms with van der Waals surface area (Å²) in [4.78, 5) is 2.28. The maximum atomic E-state index is 6.30. The number of nitrogens with zero attached hydrogens (tertiary/aromatic N) is 1. The summed E-state index contributed by atoms with van der Waals surface area (Å²) in [6.45, 7) is 5.88. The summed E-state index contributed by atoms with van der Waals surface area (Å²) in [5, 5.41) is 0.768. The molecule has 0 aliphatic carbocycles. The topological polar surface area (TPSA) is 12.5 Å². The number of anilines is 1. The Hall–Kier alpha value is -0.440. The number of benzene rings is 1. The van der Waals surface area contributed by atoms with Crippen LogP contribution < -0.4 is 4.90 Å². The van der Waals surface area contributed by atoms with Crippen LogP contribution in [0.3, 0.4) is 0 Å². The molecule has 0 aromatic heterocycles. The number of alkyl halides is 1. The molecule has 1 aromatic carbocycles. The maximum absolute atomic E-state index is 6.30. The summed E-state index contributed by atoms with van der Waals surface area (Å²) in [5.41, 5.74) is 2.15. The van der Waals surface area contributed by atoms with Crippen molar-refractivity contribution in [3.63, 3.8) is 0 Å². The van der Waals surface area contributed by atoms with Crippen molar-refractivity contribution in [3.05, 3.63) is 28.8 Å². The summed E-state index contributed by atoms with van der Waals surface area (Å²) in [6.07, 6.45) is 0.441. The Labute approximate surface area is 112 Å². The second kappa shape index (κ2) is 5.47. The molecule has 2 unspecified atom stereocenters. The lowest BCUT2D eigenvalue weighted by Crippen LogP contribution is -2.45. The van der Waals surface area contributed by atoms with Crippen LogP contribution in [0, 0.1) is 0 Å². The number of para-hydroxylation sites is 1. The number of ether oxygens (including phenoxy) is 1. The van der Waals surface area contributed by atoms with E-state index >= 15 is 0 Å². The molecular weight excluding hydrogens is 257 g/mol. The number of hydrogen-bond acceptors (Lipinski definition) is 2. The second-order valence-corrected chi connectivity index (χ2v) is 5.22. The van der Waals surface area contributed by atoms with Crippen LogP contribution in [0.25, 0.3) is 0 Å². The molecule has 1 fully saturated rings. The Kier molecular flexibility index (Phi) is 4.18. The molecule has 1 aliphatic rings. The SMILES string of the molecule is CC1CN(c2c(Cl)cccc2CCl)CC(C)O1. The van der Waals surface area contributed by atoms with E-state index in [1.807, 2.05) is 18.2 Å². The largest absolute Gasteiger partial charge is 0.372 e. The van der Waals surface area contributed by atoms with Gasteiger partial charge in [0.1, 0.15) is 0 Å². The first-order valence-electron chi connectivity index (χ1n) is 5.85. The Bertz CT molecular complexity index is 387. The van der Waals surface area contributed by atoms with E-state index in [-0.39, 0.29) is 12.2 Å². The van der Waals surface area contributed by atoms with Crippen LogP contribution in [-0.2, 0) is 10.6 Å². The minimum absolute atomic E-state index is 0.221. The zero-order valence-corrected chi connectivity index (χ0v) is 11.6. The summed E-state index contributed by atoms with van der Waals surface area (Å²) < 4.78 is 5.73. The van der Waals surface area contributed by atoms with Gasteiger partial charge in [-0.25, -0.2) is 0 Å². The van der Waals surface area contributed by atoms with E-state index in [1.165, 1.54) is 0 Å². The Balaban J connectivity index is 2.32. The van der Waals surface area contributed by atoms with Crippen LogP contribution in [0.2, 0.25) is 5.02 Å². The lowest BCUT2D eigenvalue weighted by atomic mass is 10.1. The van der Waals surface area contributed by atoms with Crippen LogP contribution >= 0.6 is 23.2 Å². The minimum atomic E-state index is 0.221. The molecule has 0 bridgehead atoms. The smallest absolute Gasteiger partial charge is 0.0726 e. The van der Waals surface area contributed by atoms with E-state index in [4.69, 9.17) is 27.9 Å². The number of hydrogen-bond donors (Lipinski definition) is 0. The lowest BCUT2D eigenvalue weighted by Gasteiger charge is -2.38. The highest BCUT2D eigenvalue weighted by Gasteiger charge is 2.25. The van der Waals surface area contributed by atoms with Gasteiger partial charge in [-0.2, -0.15) is 0 Å². The zero-order chi connectivity index (χ0) is 12.4. The molecule has 1 aromatic rings. The van der Waals surface area contributed by atoms with Crippen molar-refractivity contribution < 1.29 is 4.74 Å². The van der Waals surface area contributed by atoms with Gasteiger partial charge in [0.2, 0.25) is 0 Å². The van der Waals surface area contributed by atoms with Crippen LogP contribution in [0.15, 0.2) is 18.2 Å². The fraction of sp³-hybridized carbons (Fsp3) is 0.538. The van der Waals surface area contributed by atoms with E-state index in [2.05, 4.69) is 18.7 Å². The van der Waals surface area contributed by atoms with Gasteiger partial charge in [0.25, 0.3) is 0 Å². The molecular formula is C13H17Cl2NO. The van der Waals surface area contributed by atoms with E-state index in [1.54, 1.807) is 0 Å². The first-order chi connectivity index (χ1) is 8.11. The van der Waals surface area contributed by atoms with Crippen LogP contribution in [-0.4, -0.2) is 25.3 Å². The molecule has 1 heterocycles. The quantitative estimate of drug-likeness (QED) is 0.762. The van der Waals surface area contributed by atoms with Gasteiger partial charge in [0, 0.05) is 19.0 Å². The fourth-order valence-electron chi connectivity index (χ4n) is 2.38. The van der Waals surface area contributed by atoms with Crippen molar-refractivity contribution in [1.29, 1.82) is 0 Å². The summed E-state index contributed by atoms with van der Waals surface area (Å²) in [5.74, 6) is 0.482. The average molecular weight is 274 g/mol. The van der Waals surface area contributed by atoms with Gasteiger partial charge in [-0.15, -0.1) is 11.6 Å². The van der Waals surface area contributed by atoms with E-state index in [9.17, 15) is 0 Å². The third-order valence-electron chi connectivity index (χ3n) is 2.95. The highest BCUT2D eigenvalue weighted by Crippen LogP contribution is 2.32. The summed E-state index contributed by atoms with van der Waals surface area (Å²) >= 11 is 12.3. The third kappa shape index (κ3) is 2.87. The molecule has 0 radical (unpaired) electrons. The molecule has 2 atom stereocenters. The highest BCUT2D eigenvalue weighted by molar-refractivity contribution is 6.33. The lowest BCUT2D eigenvalue weighted by molar-refractivity contribution is -0.00524. The Morgan fingerprint density at radius 1 is 1.29 bits per heavy atom. The van der Waals surface area contributed by atoms with Gasteiger partial charge in [0.15, 0.2) is 0 Å². The molecule has 1 aliphatic heterocycles. The Morgan fingerprint density at radius 3 is 2.53 bits per heavy atom. The zero-order valence-electron chi connectivity index (χ0n) is 10.1. The molecule has 94 valence electrons. The predicted octanol–water partition coefficient (Wildman–Crippen LogP) is 3.69. The molecule has 4 heteroatoms. The van der Waals surface area contributed by atoms with Crippen molar-refractivity contribution >= 4 is 28.9 Å². The minimum Gasteiger partial charge on any atom is -0.372 e. The number of halogens is 2. The average Bonchev–Trinajstić information content (AvgIpc) is 2.27. The van der Waals surface area contributed by atoms with Gasteiger partial charge in [-0.1, -0.05) is 23.7 Å². The second-order valence-electron chi connectivity index (χ2n) is 4.54. The maximum Gasteiger partial charge on any atom is 0.0726 e. The van der Waals surface area contributed by atoms with Crippen LogP contribution in [0.4, 0.5) is 5.69 Å². The standard InChI is InChI=1S/C13H17Cl2NO/c1-9-7-16(8-10(2)17-9)13-11(6-14)4-3-5-12(13)15/h3-5,9-10H,6-8H2,1-2H3. The third-order valence-corrected chi connectivity index (χ3v) is 3.54. The molecule has 1 saturated heterocycles. The first kappa shape index (κ1) is 13.0. The predicted molar refractivity (Wildman–Crippen MR) is 73.2 cm³/mol. The number of morpholine rings is 1. The highest BCUT2D eigenvalue weighted by atomic mass is 35.5. The summed E-state index contributed by atoms with van der Waals surface area (Å²) in [7, 11) is 0.